The second kappa shape index (κ2) is 8.38. The molecule has 0 bridgehead atoms. The van der Waals surface area contributed by atoms with Crippen molar-refractivity contribution in [2.45, 2.75) is 52.5 Å². The summed E-state index contributed by atoms with van der Waals surface area (Å²) in [7, 11) is 0. The zero-order valence-corrected chi connectivity index (χ0v) is 17.8. The van der Waals surface area contributed by atoms with E-state index in [1.54, 1.807) is 4.68 Å². The molecule has 0 unspecified atom stereocenters. The van der Waals surface area contributed by atoms with Gasteiger partial charge in [0.05, 0.1) is 6.54 Å². The van der Waals surface area contributed by atoms with E-state index in [1.807, 2.05) is 36.1 Å². The number of nitrogens with one attached hydrogen (secondary N) is 1. The van der Waals surface area contributed by atoms with E-state index in [4.69, 9.17) is 4.98 Å². The lowest BCUT2D eigenvalue weighted by Gasteiger charge is -2.32. The number of hydrogen-bond donors (Lipinski definition) is 1. The SMILES string of the molecule is Cc1ccc(Cn2nnc3c(=O)[nH]c([C@@H]4CCCN(C(=O)CC(C)C)C4)nc32)cc1. The molecular weight excluding hydrogens is 380 g/mol. The highest BCUT2D eigenvalue weighted by molar-refractivity contribution is 5.76. The Balaban J connectivity index is 1.61. The van der Waals surface area contributed by atoms with Crippen molar-refractivity contribution in [1.29, 1.82) is 0 Å². The summed E-state index contributed by atoms with van der Waals surface area (Å²) in [6.45, 7) is 7.99. The third-order valence-electron chi connectivity index (χ3n) is 5.59. The summed E-state index contributed by atoms with van der Waals surface area (Å²) in [5.74, 6) is 1.12. The van der Waals surface area contributed by atoms with Gasteiger partial charge in [-0.1, -0.05) is 48.9 Å². The fourth-order valence-corrected chi connectivity index (χ4v) is 3.95. The normalized spacial score (nSPS) is 17.1. The van der Waals surface area contributed by atoms with Gasteiger partial charge in [0, 0.05) is 25.4 Å². The Morgan fingerprint density at radius 1 is 1.27 bits per heavy atom. The predicted molar refractivity (Wildman–Crippen MR) is 114 cm³/mol. The zero-order valence-electron chi connectivity index (χ0n) is 17.8. The largest absolute Gasteiger partial charge is 0.342 e. The number of fused-ring (bicyclic) bond motifs is 1. The van der Waals surface area contributed by atoms with Crippen molar-refractivity contribution in [3.05, 3.63) is 51.6 Å². The van der Waals surface area contributed by atoms with E-state index < -0.39 is 0 Å². The average molecular weight is 409 g/mol. The van der Waals surface area contributed by atoms with Crippen LogP contribution in [0, 0.1) is 12.8 Å². The molecule has 0 radical (unpaired) electrons. The molecule has 8 heteroatoms. The zero-order chi connectivity index (χ0) is 21.3. The Hall–Kier alpha value is -3.03. The molecule has 0 spiro atoms. The van der Waals surface area contributed by atoms with Gasteiger partial charge in [-0.25, -0.2) is 9.67 Å². The molecule has 0 aliphatic carbocycles. The van der Waals surface area contributed by atoms with Gasteiger partial charge in [-0.3, -0.25) is 9.59 Å². The van der Waals surface area contributed by atoms with Crippen molar-refractivity contribution in [2.75, 3.05) is 13.1 Å². The first-order chi connectivity index (χ1) is 14.4. The van der Waals surface area contributed by atoms with Gasteiger partial charge in [0.25, 0.3) is 5.56 Å². The Bertz CT molecular complexity index is 1100. The van der Waals surface area contributed by atoms with Gasteiger partial charge < -0.3 is 9.88 Å². The number of carbonyl (C=O) groups is 1. The second-order valence-electron chi connectivity index (χ2n) is 8.63. The monoisotopic (exact) mass is 408 g/mol. The number of amides is 1. The van der Waals surface area contributed by atoms with Gasteiger partial charge >= 0.3 is 0 Å². The maximum Gasteiger partial charge on any atom is 0.281 e. The van der Waals surface area contributed by atoms with Crippen molar-refractivity contribution < 1.29 is 4.79 Å². The van der Waals surface area contributed by atoms with E-state index in [-0.39, 0.29) is 22.9 Å². The minimum atomic E-state index is -0.282. The van der Waals surface area contributed by atoms with Gasteiger partial charge in [-0.2, -0.15) is 0 Å². The fraction of sp³-hybridized carbons (Fsp3) is 0.500. The lowest BCUT2D eigenvalue weighted by Crippen LogP contribution is -2.40. The lowest BCUT2D eigenvalue weighted by atomic mass is 9.96. The quantitative estimate of drug-likeness (QED) is 0.700. The molecule has 3 aromatic rings. The Labute approximate surface area is 175 Å². The number of rotatable bonds is 5. The summed E-state index contributed by atoms with van der Waals surface area (Å²) >= 11 is 0. The molecule has 4 rings (SSSR count). The molecule has 1 fully saturated rings. The van der Waals surface area contributed by atoms with Gasteiger partial charge in [0.2, 0.25) is 5.91 Å². The van der Waals surface area contributed by atoms with Crippen molar-refractivity contribution in [2.24, 2.45) is 5.92 Å². The average Bonchev–Trinajstić information content (AvgIpc) is 3.12. The molecule has 1 N–H and O–H groups in total. The molecule has 2 aromatic heterocycles. The minimum absolute atomic E-state index is 0.00897. The summed E-state index contributed by atoms with van der Waals surface area (Å²) in [5.41, 5.74) is 2.71. The number of H-pyrrole nitrogens is 1. The summed E-state index contributed by atoms with van der Waals surface area (Å²) in [6, 6.07) is 8.17. The van der Waals surface area contributed by atoms with Gasteiger partial charge in [-0.05, 0) is 31.2 Å². The van der Waals surface area contributed by atoms with Crippen LogP contribution in [0.3, 0.4) is 0 Å². The standard InChI is InChI=1S/C22H28N6O2/c1-14(2)11-18(29)27-10-4-5-17(13-27)20-23-21-19(22(30)24-20)25-26-28(21)12-16-8-6-15(3)7-9-16/h6-9,14,17H,4-5,10-13H2,1-3H3,(H,23,24,30)/t17-/m1/s1. The number of benzene rings is 1. The molecule has 1 aliphatic heterocycles. The Morgan fingerprint density at radius 2 is 2.03 bits per heavy atom. The van der Waals surface area contributed by atoms with Gasteiger partial charge in [-0.15, -0.1) is 5.10 Å². The van der Waals surface area contributed by atoms with Crippen LogP contribution in [0.5, 0.6) is 0 Å². The van der Waals surface area contributed by atoms with Crippen LogP contribution >= 0.6 is 0 Å². The second-order valence-corrected chi connectivity index (χ2v) is 8.63. The van der Waals surface area contributed by atoms with Crippen LogP contribution in [-0.2, 0) is 11.3 Å². The van der Waals surface area contributed by atoms with E-state index in [0.29, 0.717) is 36.9 Å². The Morgan fingerprint density at radius 3 is 2.77 bits per heavy atom. The highest BCUT2D eigenvalue weighted by Gasteiger charge is 2.27. The van der Waals surface area contributed by atoms with Gasteiger partial charge in [0.1, 0.15) is 5.82 Å². The topological polar surface area (TPSA) is 96.8 Å². The molecule has 0 saturated carbocycles. The van der Waals surface area contributed by atoms with Crippen LogP contribution in [0.25, 0.3) is 11.2 Å². The van der Waals surface area contributed by atoms with E-state index in [0.717, 1.165) is 24.9 Å². The lowest BCUT2D eigenvalue weighted by molar-refractivity contribution is -0.133. The summed E-state index contributed by atoms with van der Waals surface area (Å²) in [5, 5.41) is 8.19. The van der Waals surface area contributed by atoms with E-state index in [9.17, 15) is 9.59 Å². The summed E-state index contributed by atoms with van der Waals surface area (Å²) in [6.07, 6.45) is 2.33. The van der Waals surface area contributed by atoms with Crippen LogP contribution in [0.2, 0.25) is 0 Å². The van der Waals surface area contributed by atoms with Crippen LogP contribution in [0.15, 0.2) is 29.1 Å². The number of aryl methyl sites for hydroxylation is 1. The molecule has 8 nitrogen and oxygen atoms in total. The minimum Gasteiger partial charge on any atom is -0.342 e. The predicted octanol–water partition coefficient (Wildman–Crippen LogP) is 2.62. The molecule has 1 aliphatic rings. The van der Waals surface area contributed by atoms with Crippen molar-refractivity contribution >= 4 is 17.1 Å². The summed E-state index contributed by atoms with van der Waals surface area (Å²) < 4.78 is 1.67. The molecule has 1 atom stereocenters. The van der Waals surface area contributed by atoms with E-state index >= 15 is 0 Å². The van der Waals surface area contributed by atoms with Crippen molar-refractivity contribution in [1.82, 2.24) is 29.9 Å². The highest BCUT2D eigenvalue weighted by atomic mass is 16.2. The third kappa shape index (κ3) is 4.27. The number of aromatic amines is 1. The smallest absolute Gasteiger partial charge is 0.281 e. The molecule has 30 heavy (non-hydrogen) atoms. The number of likely N-dealkylation sites (tertiary alicyclic amines) is 1. The summed E-state index contributed by atoms with van der Waals surface area (Å²) in [4.78, 5) is 34.7. The highest BCUT2D eigenvalue weighted by Crippen LogP contribution is 2.25. The number of carbonyl (C=O) groups excluding carboxylic acids is 1. The van der Waals surface area contributed by atoms with Crippen molar-refractivity contribution in [3.8, 4) is 0 Å². The van der Waals surface area contributed by atoms with Crippen LogP contribution < -0.4 is 5.56 Å². The van der Waals surface area contributed by atoms with Crippen LogP contribution in [0.1, 0.15) is 56.0 Å². The molecule has 158 valence electrons. The number of piperidine rings is 1. The number of hydrogen-bond acceptors (Lipinski definition) is 5. The fourth-order valence-electron chi connectivity index (χ4n) is 3.95. The Kier molecular flexibility index (Phi) is 5.65. The first-order valence-corrected chi connectivity index (χ1v) is 10.6. The molecule has 3 heterocycles. The van der Waals surface area contributed by atoms with Crippen molar-refractivity contribution in [3.63, 3.8) is 0 Å². The first kappa shape index (κ1) is 20.3. The van der Waals surface area contributed by atoms with Gasteiger partial charge in [0.15, 0.2) is 11.2 Å². The third-order valence-corrected chi connectivity index (χ3v) is 5.59. The van der Waals surface area contributed by atoms with E-state index in [1.165, 1.54) is 5.56 Å². The molecular formula is C22H28N6O2. The maximum atomic E-state index is 12.6. The van der Waals surface area contributed by atoms with Crippen LogP contribution in [0.4, 0.5) is 0 Å². The molecule has 1 aromatic carbocycles. The van der Waals surface area contributed by atoms with E-state index in [2.05, 4.69) is 29.1 Å². The molecule has 1 amide bonds. The molecule has 1 saturated heterocycles. The van der Waals surface area contributed by atoms with Crippen LogP contribution in [-0.4, -0.2) is 48.9 Å². The maximum absolute atomic E-state index is 12.6. The first-order valence-electron chi connectivity index (χ1n) is 10.6. The number of aromatic nitrogens is 5. The number of nitrogens with zero attached hydrogens (tertiary/aromatic N) is 5.